The Labute approximate surface area is 144 Å². The Kier molecular flexibility index (Phi) is 5.50. The maximum absolute atomic E-state index is 12.5. The molecule has 0 amide bonds. The van der Waals surface area contributed by atoms with Gasteiger partial charge < -0.3 is 0 Å². The van der Waals surface area contributed by atoms with Crippen molar-refractivity contribution in [2.75, 3.05) is 0 Å². The highest BCUT2D eigenvalue weighted by molar-refractivity contribution is 7.92. The summed E-state index contributed by atoms with van der Waals surface area (Å²) in [7, 11) is -12.6. The summed E-state index contributed by atoms with van der Waals surface area (Å²) in [6.45, 7) is 0. The van der Waals surface area contributed by atoms with E-state index >= 15 is 0 Å². The van der Waals surface area contributed by atoms with Crippen molar-refractivity contribution in [3.63, 3.8) is 0 Å². The van der Waals surface area contributed by atoms with E-state index in [0.29, 0.717) is 0 Å². The summed E-state index contributed by atoms with van der Waals surface area (Å²) in [5.41, 5.74) is -17.6. The van der Waals surface area contributed by atoms with Crippen LogP contribution in [-0.2, 0) is 25.4 Å². The lowest BCUT2D eigenvalue weighted by Crippen LogP contribution is -2.26. The van der Waals surface area contributed by atoms with Crippen LogP contribution in [0, 0.1) is 20.2 Å². The van der Waals surface area contributed by atoms with E-state index in [4.69, 9.17) is 0 Å². The molecule has 18 heteroatoms. The highest BCUT2D eigenvalue weighted by Gasteiger charge is 2.50. The lowest BCUT2D eigenvalue weighted by molar-refractivity contribution is -0.395. The number of hydrogen-bond acceptors (Lipinski definition) is 8. The van der Waals surface area contributed by atoms with Crippen molar-refractivity contribution in [1.82, 2.24) is 0 Å². The largest absolute Gasteiger partial charge is 0.501 e. The SMILES string of the molecule is O=[N+]([O-])c1cc(S(=O)(=O)C(F)(F)F)cc([N+](=O)[O-])c1CS(=O)(=O)C(F)(F)F. The third-order valence-electron chi connectivity index (χ3n) is 2.87. The van der Waals surface area contributed by atoms with Crippen molar-refractivity contribution in [2.24, 2.45) is 0 Å². The van der Waals surface area contributed by atoms with Crippen molar-refractivity contribution in [2.45, 2.75) is 21.7 Å². The van der Waals surface area contributed by atoms with Gasteiger partial charge in [0, 0.05) is 12.1 Å². The number of sulfone groups is 2. The first kappa shape index (κ1) is 22.5. The Bertz CT molecular complexity index is 977. The lowest BCUT2D eigenvalue weighted by Gasteiger charge is -2.11. The number of rotatable bonds is 5. The van der Waals surface area contributed by atoms with Gasteiger partial charge in [0.2, 0.25) is 0 Å². The standard InChI is InChI=1S/C9H4F6N2O8S2/c10-8(11,12)26(22,23)3-5-6(16(18)19)1-4(2-7(5)17(20)21)27(24,25)9(13,14)15/h1-2H,3H2. The van der Waals surface area contributed by atoms with E-state index in [-0.39, 0.29) is 0 Å². The van der Waals surface area contributed by atoms with Crippen molar-refractivity contribution in [3.05, 3.63) is 37.9 Å². The zero-order valence-electron chi connectivity index (χ0n) is 12.1. The molecule has 0 heterocycles. The predicted octanol–water partition coefficient (Wildman–Crippen LogP) is 2.23. The fourth-order valence-electron chi connectivity index (χ4n) is 1.65. The van der Waals surface area contributed by atoms with Crippen LogP contribution in [0.4, 0.5) is 37.7 Å². The first-order valence-corrected chi connectivity index (χ1v) is 9.02. The Morgan fingerprint density at radius 3 is 1.44 bits per heavy atom. The number of benzene rings is 1. The highest BCUT2D eigenvalue weighted by Crippen LogP contribution is 2.39. The quantitative estimate of drug-likeness (QED) is 0.379. The molecule has 0 saturated heterocycles. The molecule has 0 atom stereocenters. The third kappa shape index (κ3) is 4.26. The molecular formula is C9H4F6N2O8S2. The Morgan fingerprint density at radius 2 is 1.19 bits per heavy atom. The highest BCUT2D eigenvalue weighted by atomic mass is 32.2. The maximum atomic E-state index is 12.5. The van der Waals surface area contributed by atoms with Crippen molar-refractivity contribution in [1.29, 1.82) is 0 Å². The summed E-state index contributed by atoms with van der Waals surface area (Å²) in [6, 6.07) is -0.811. The number of halogens is 6. The summed E-state index contributed by atoms with van der Waals surface area (Å²) in [6.07, 6.45) is 0. The van der Waals surface area contributed by atoms with Crippen LogP contribution < -0.4 is 0 Å². The number of nitrogens with zero attached hydrogens (tertiary/aromatic N) is 2. The van der Waals surface area contributed by atoms with Crippen LogP contribution in [0.5, 0.6) is 0 Å². The van der Waals surface area contributed by atoms with E-state index in [1.807, 2.05) is 0 Å². The molecule has 152 valence electrons. The van der Waals surface area contributed by atoms with Crippen LogP contribution in [0.15, 0.2) is 17.0 Å². The van der Waals surface area contributed by atoms with E-state index in [1.165, 1.54) is 0 Å². The van der Waals surface area contributed by atoms with Crippen LogP contribution in [0.3, 0.4) is 0 Å². The molecule has 0 N–H and O–H groups in total. The molecule has 0 bridgehead atoms. The monoisotopic (exact) mass is 446 g/mol. The average molecular weight is 446 g/mol. The zero-order valence-corrected chi connectivity index (χ0v) is 13.7. The van der Waals surface area contributed by atoms with Gasteiger partial charge in [0.15, 0.2) is 0 Å². The molecule has 0 saturated carbocycles. The third-order valence-corrected chi connectivity index (χ3v) is 5.71. The topological polar surface area (TPSA) is 155 Å². The number of nitro groups is 2. The second kappa shape index (κ2) is 6.59. The molecule has 0 fully saturated rings. The Hall–Kier alpha value is -2.50. The van der Waals surface area contributed by atoms with Gasteiger partial charge in [-0.1, -0.05) is 0 Å². The fraction of sp³-hybridized carbons (Fsp3) is 0.333. The van der Waals surface area contributed by atoms with Crippen LogP contribution in [0.1, 0.15) is 5.56 Å². The van der Waals surface area contributed by atoms with Crippen molar-refractivity contribution < 1.29 is 53.0 Å². The molecule has 0 radical (unpaired) electrons. The summed E-state index contributed by atoms with van der Waals surface area (Å²) in [4.78, 5) is 16.3. The molecule has 1 aromatic rings. The van der Waals surface area contributed by atoms with Gasteiger partial charge in [0.1, 0.15) is 5.56 Å². The normalized spacial score (nSPS) is 13.4. The Morgan fingerprint density at radius 1 is 0.815 bits per heavy atom. The molecule has 0 spiro atoms. The van der Waals surface area contributed by atoms with Gasteiger partial charge in [-0.3, -0.25) is 20.2 Å². The number of nitro benzene ring substituents is 2. The second-order valence-corrected chi connectivity index (χ2v) is 8.53. The van der Waals surface area contributed by atoms with E-state index in [9.17, 15) is 63.4 Å². The van der Waals surface area contributed by atoms with Gasteiger partial charge in [-0.2, -0.15) is 26.3 Å². The first-order valence-electron chi connectivity index (χ1n) is 5.89. The molecule has 0 aliphatic heterocycles. The van der Waals surface area contributed by atoms with Crippen molar-refractivity contribution >= 4 is 31.0 Å². The molecular weight excluding hydrogens is 442 g/mol. The smallest absolute Gasteiger partial charge is 0.258 e. The number of alkyl halides is 6. The van der Waals surface area contributed by atoms with Gasteiger partial charge >= 0.3 is 11.0 Å². The summed E-state index contributed by atoms with van der Waals surface area (Å²) in [5, 5.41) is 21.8. The van der Waals surface area contributed by atoms with Gasteiger partial charge in [0.25, 0.3) is 31.0 Å². The summed E-state index contributed by atoms with van der Waals surface area (Å²) < 4.78 is 120. The molecule has 10 nitrogen and oxygen atoms in total. The fourth-order valence-corrected chi connectivity index (χ4v) is 3.29. The Balaban J connectivity index is 3.92. The molecule has 0 aromatic heterocycles. The van der Waals surface area contributed by atoms with Gasteiger partial charge in [0.05, 0.1) is 20.5 Å². The molecule has 1 aromatic carbocycles. The van der Waals surface area contributed by atoms with Crippen LogP contribution in [-0.4, -0.2) is 37.7 Å². The molecule has 0 aliphatic rings. The van der Waals surface area contributed by atoms with E-state index in [2.05, 4.69) is 0 Å². The van der Waals surface area contributed by atoms with E-state index in [0.717, 1.165) is 0 Å². The minimum Gasteiger partial charge on any atom is -0.258 e. The number of hydrogen-bond donors (Lipinski definition) is 0. The molecule has 1 rings (SSSR count). The minimum atomic E-state index is -6.36. The summed E-state index contributed by atoms with van der Waals surface area (Å²) in [5.74, 6) is -2.37. The zero-order chi connectivity index (χ0) is 21.6. The van der Waals surface area contributed by atoms with E-state index < -0.39 is 80.3 Å². The lowest BCUT2D eigenvalue weighted by atomic mass is 10.1. The van der Waals surface area contributed by atoms with Crippen LogP contribution in [0.25, 0.3) is 0 Å². The van der Waals surface area contributed by atoms with Crippen LogP contribution in [0.2, 0.25) is 0 Å². The molecule has 0 unspecified atom stereocenters. The molecule has 0 aliphatic carbocycles. The minimum absolute atomic E-state index is 0.406. The first-order chi connectivity index (χ1) is 11.8. The maximum Gasteiger partial charge on any atom is 0.501 e. The average Bonchev–Trinajstić information content (AvgIpc) is 2.43. The second-order valence-electron chi connectivity index (χ2n) is 4.61. The van der Waals surface area contributed by atoms with Crippen molar-refractivity contribution in [3.8, 4) is 0 Å². The van der Waals surface area contributed by atoms with Gasteiger partial charge in [-0.15, -0.1) is 0 Å². The molecule has 27 heavy (non-hydrogen) atoms. The summed E-state index contributed by atoms with van der Waals surface area (Å²) >= 11 is 0. The predicted molar refractivity (Wildman–Crippen MR) is 71.7 cm³/mol. The van der Waals surface area contributed by atoms with Gasteiger partial charge in [-0.05, 0) is 0 Å². The van der Waals surface area contributed by atoms with E-state index in [1.54, 1.807) is 0 Å². The van der Waals surface area contributed by atoms with Gasteiger partial charge in [-0.25, -0.2) is 16.8 Å². The van der Waals surface area contributed by atoms with Crippen LogP contribution >= 0.6 is 0 Å².